The number of rotatable bonds is 11. The third-order valence-electron chi connectivity index (χ3n) is 6.15. The van der Waals surface area contributed by atoms with Crippen molar-refractivity contribution >= 4 is 28.7 Å². The third kappa shape index (κ3) is 7.53. The van der Waals surface area contributed by atoms with Crippen molar-refractivity contribution in [2.24, 2.45) is 26.8 Å². The van der Waals surface area contributed by atoms with E-state index in [4.69, 9.17) is 22.3 Å². The molecule has 1 aromatic rings. The molecule has 1 saturated carbocycles. The number of nitrogens with zero attached hydrogens (tertiary/aromatic N) is 4. The quantitative estimate of drug-likeness (QED) is 0.200. The molecule has 0 aliphatic heterocycles. The molecule has 5 nitrogen and oxygen atoms in total. The maximum atomic E-state index is 6.59. The normalized spacial score (nSPS) is 17.0. The minimum atomic E-state index is -0.184. The van der Waals surface area contributed by atoms with Gasteiger partial charge in [0.05, 0.1) is 17.5 Å². The molecule has 35 heavy (non-hydrogen) atoms. The van der Waals surface area contributed by atoms with Gasteiger partial charge in [0, 0.05) is 41.8 Å². The molecule has 2 N–H and O–H groups in total. The lowest BCUT2D eigenvalue weighted by Crippen LogP contribution is -2.32. The Morgan fingerprint density at radius 1 is 1.20 bits per heavy atom. The van der Waals surface area contributed by atoms with Crippen molar-refractivity contribution in [3.63, 3.8) is 0 Å². The summed E-state index contributed by atoms with van der Waals surface area (Å²) in [5, 5.41) is 9.35. The van der Waals surface area contributed by atoms with Gasteiger partial charge >= 0.3 is 0 Å². The zero-order valence-corrected chi connectivity index (χ0v) is 23.0. The Kier molecular flexibility index (Phi) is 10.7. The molecule has 0 heterocycles. The summed E-state index contributed by atoms with van der Waals surface area (Å²) in [4.78, 5) is 6.98. The fourth-order valence-corrected chi connectivity index (χ4v) is 4.13. The molecule has 1 aliphatic rings. The highest BCUT2D eigenvalue weighted by Gasteiger charge is 2.31. The van der Waals surface area contributed by atoms with Gasteiger partial charge in [-0.15, -0.1) is 0 Å². The summed E-state index contributed by atoms with van der Waals surface area (Å²) in [6.45, 7) is 14.1. The maximum absolute atomic E-state index is 6.59. The van der Waals surface area contributed by atoms with E-state index in [0.29, 0.717) is 10.9 Å². The molecule has 0 spiro atoms. The molecule has 1 fully saturated rings. The van der Waals surface area contributed by atoms with E-state index in [2.05, 4.69) is 47.8 Å². The van der Waals surface area contributed by atoms with Gasteiger partial charge in [0.1, 0.15) is 0 Å². The fourth-order valence-electron chi connectivity index (χ4n) is 4.00. The van der Waals surface area contributed by atoms with Gasteiger partial charge in [-0.1, -0.05) is 49.4 Å². The molecule has 0 radical (unpaired) electrons. The lowest BCUT2D eigenvalue weighted by molar-refractivity contribution is 0.389. The second-order valence-electron chi connectivity index (χ2n) is 8.99. The molecule has 188 valence electrons. The standard InChI is InChI=1S/C29H40ClN5/c1-9-21(20(6)34-33-19(4)5)18-25(10-2)35(8)29(23-14-16-24(30)17-15-23)28(32-7)26(11-3)27(31)22-12-13-22/h10-11,14-18,22,29H,3,9,12-13,31H2,1-2,4-8H3/b21-18-,25-10+,27-26?,32-28?,34-20+. The van der Waals surface area contributed by atoms with Gasteiger partial charge in [0.25, 0.3) is 0 Å². The van der Waals surface area contributed by atoms with Crippen LogP contribution in [0.15, 0.2) is 86.8 Å². The SMILES string of the molecule is C=CC(C(=NC)C(c1ccc(Cl)cc1)N(C)C(/C=C(CC)\C(C)=N\N=C(C)C)=C/C)=C(N)C1CC1. The summed E-state index contributed by atoms with van der Waals surface area (Å²) in [5.41, 5.74) is 14.3. The molecular weight excluding hydrogens is 454 g/mol. The number of nitrogens with two attached hydrogens (primary N) is 1. The first-order chi connectivity index (χ1) is 16.7. The monoisotopic (exact) mass is 493 g/mol. The summed E-state index contributed by atoms with van der Waals surface area (Å²) < 4.78 is 0. The summed E-state index contributed by atoms with van der Waals surface area (Å²) in [7, 11) is 3.90. The van der Waals surface area contributed by atoms with Crippen molar-refractivity contribution in [1.29, 1.82) is 0 Å². The van der Waals surface area contributed by atoms with Crippen LogP contribution in [0.25, 0.3) is 0 Å². The number of aliphatic imine (C=N–C) groups is 1. The molecule has 1 unspecified atom stereocenters. The molecular formula is C29H40ClN5. The minimum Gasteiger partial charge on any atom is -0.401 e. The Morgan fingerprint density at radius 2 is 1.83 bits per heavy atom. The predicted octanol–water partition coefficient (Wildman–Crippen LogP) is 7.29. The number of halogens is 1. The first-order valence-electron chi connectivity index (χ1n) is 12.2. The molecule has 2 rings (SSSR count). The number of likely N-dealkylation sites (N-methyl/N-ethyl adjacent to an activating group) is 1. The van der Waals surface area contributed by atoms with E-state index < -0.39 is 0 Å². The predicted molar refractivity (Wildman–Crippen MR) is 153 cm³/mol. The summed E-state index contributed by atoms with van der Waals surface area (Å²) in [6, 6.07) is 7.74. The zero-order chi connectivity index (χ0) is 26.1. The van der Waals surface area contributed by atoms with E-state index in [1.165, 1.54) is 0 Å². The van der Waals surface area contributed by atoms with Crippen LogP contribution < -0.4 is 5.73 Å². The van der Waals surface area contributed by atoms with Crippen LogP contribution in [0.3, 0.4) is 0 Å². The largest absolute Gasteiger partial charge is 0.401 e. The van der Waals surface area contributed by atoms with Crippen LogP contribution in [0, 0.1) is 5.92 Å². The van der Waals surface area contributed by atoms with Crippen molar-refractivity contribution in [2.75, 3.05) is 14.1 Å². The summed E-state index contributed by atoms with van der Waals surface area (Å²) in [5.74, 6) is 0.408. The Morgan fingerprint density at radius 3 is 2.29 bits per heavy atom. The van der Waals surface area contributed by atoms with Gasteiger partial charge in [0.2, 0.25) is 0 Å². The molecule has 1 aliphatic carbocycles. The van der Waals surface area contributed by atoms with E-state index in [0.717, 1.165) is 64.5 Å². The van der Waals surface area contributed by atoms with Crippen molar-refractivity contribution in [1.82, 2.24) is 4.90 Å². The Labute approximate surface area is 216 Å². The van der Waals surface area contributed by atoms with Crippen LogP contribution in [-0.2, 0) is 0 Å². The highest BCUT2D eigenvalue weighted by atomic mass is 35.5. The molecule has 1 aromatic carbocycles. The lowest BCUT2D eigenvalue weighted by atomic mass is 9.92. The second-order valence-corrected chi connectivity index (χ2v) is 9.43. The Hall–Kier alpha value is -2.92. The average Bonchev–Trinajstić information content (AvgIpc) is 3.69. The zero-order valence-electron chi connectivity index (χ0n) is 22.3. The van der Waals surface area contributed by atoms with E-state index in [9.17, 15) is 0 Å². The summed E-state index contributed by atoms with van der Waals surface area (Å²) in [6.07, 6.45) is 9.19. The van der Waals surface area contributed by atoms with Crippen LogP contribution in [0.1, 0.15) is 65.5 Å². The van der Waals surface area contributed by atoms with Crippen molar-refractivity contribution in [3.05, 3.63) is 82.2 Å². The molecule has 0 amide bonds. The topological polar surface area (TPSA) is 66.3 Å². The second kappa shape index (κ2) is 13.2. The van der Waals surface area contributed by atoms with Crippen molar-refractivity contribution in [2.45, 2.75) is 59.9 Å². The van der Waals surface area contributed by atoms with Crippen LogP contribution in [0.5, 0.6) is 0 Å². The van der Waals surface area contributed by atoms with E-state index in [1.54, 1.807) is 0 Å². The van der Waals surface area contributed by atoms with Gasteiger partial charge in [-0.05, 0) is 82.2 Å². The number of hydrogen-bond acceptors (Lipinski definition) is 5. The van der Waals surface area contributed by atoms with E-state index >= 15 is 0 Å². The van der Waals surface area contributed by atoms with E-state index in [-0.39, 0.29) is 6.04 Å². The van der Waals surface area contributed by atoms with Gasteiger partial charge < -0.3 is 10.6 Å². The highest BCUT2D eigenvalue weighted by molar-refractivity contribution is 6.30. The minimum absolute atomic E-state index is 0.184. The van der Waals surface area contributed by atoms with Crippen LogP contribution in [0.4, 0.5) is 0 Å². The smallest absolute Gasteiger partial charge is 0.0965 e. The van der Waals surface area contributed by atoms with Gasteiger partial charge in [0.15, 0.2) is 0 Å². The van der Waals surface area contributed by atoms with Crippen LogP contribution in [-0.4, -0.2) is 36.1 Å². The first-order valence-corrected chi connectivity index (χ1v) is 12.6. The fraction of sp³-hybridized carbons (Fsp3) is 0.414. The Bertz CT molecular complexity index is 1080. The number of hydrogen-bond donors (Lipinski definition) is 1. The molecule has 0 aromatic heterocycles. The maximum Gasteiger partial charge on any atom is 0.0965 e. The highest BCUT2D eigenvalue weighted by Crippen LogP contribution is 2.38. The Balaban J connectivity index is 2.63. The number of benzene rings is 1. The van der Waals surface area contributed by atoms with E-state index in [1.807, 2.05) is 65.1 Å². The average molecular weight is 494 g/mol. The summed E-state index contributed by atoms with van der Waals surface area (Å²) >= 11 is 6.23. The third-order valence-corrected chi connectivity index (χ3v) is 6.40. The van der Waals surface area contributed by atoms with Crippen molar-refractivity contribution < 1.29 is 0 Å². The van der Waals surface area contributed by atoms with Crippen LogP contribution >= 0.6 is 11.6 Å². The number of allylic oxidation sites excluding steroid dienone is 5. The molecule has 1 atom stereocenters. The van der Waals surface area contributed by atoms with Gasteiger partial charge in [-0.3, -0.25) is 4.99 Å². The van der Waals surface area contributed by atoms with Crippen LogP contribution in [0.2, 0.25) is 5.02 Å². The molecule has 0 bridgehead atoms. The van der Waals surface area contributed by atoms with Crippen molar-refractivity contribution in [3.8, 4) is 0 Å². The lowest BCUT2D eigenvalue weighted by Gasteiger charge is -2.33. The first kappa shape index (κ1) is 28.3. The van der Waals surface area contributed by atoms with Gasteiger partial charge in [-0.2, -0.15) is 10.2 Å². The molecule has 0 saturated heterocycles. The molecule has 6 heteroatoms. The van der Waals surface area contributed by atoms with Gasteiger partial charge in [-0.25, -0.2) is 0 Å².